The highest BCUT2D eigenvalue weighted by Gasteiger charge is 2.31. The Hall–Kier alpha value is -4.71. The van der Waals surface area contributed by atoms with E-state index in [-0.39, 0.29) is 17.8 Å². The summed E-state index contributed by atoms with van der Waals surface area (Å²) in [5.74, 6) is 0.179. The number of carbonyl (C=O) groups is 1. The van der Waals surface area contributed by atoms with E-state index in [4.69, 9.17) is 0 Å². The molecule has 0 aliphatic heterocycles. The molecule has 5 rings (SSSR count). The van der Waals surface area contributed by atoms with Crippen LogP contribution in [0.25, 0.3) is 22.8 Å². The van der Waals surface area contributed by atoms with Gasteiger partial charge in [0.05, 0.1) is 11.4 Å². The normalized spacial score (nSPS) is 12.7. The number of aryl methyl sites for hydroxylation is 4. The highest BCUT2D eigenvalue weighted by Crippen LogP contribution is 2.24. The van der Waals surface area contributed by atoms with Gasteiger partial charge in [0, 0.05) is 22.7 Å². The highest BCUT2D eigenvalue weighted by atomic mass is 32.1. The van der Waals surface area contributed by atoms with E-state index in [1.165, 1.54) is 52.2 Å². The summed E-state index contributed by atoms with van der Waals surface area (Å²) in [5.41, 5.74) is 6.93. The van der Waals surface area contributed by atoms with E-state index in [2.05, 4.69) is 61.7 Å². The molecule has 0 aliphatic rings. The lowest BCUT2D eigenvalue weighted by molar-refractivity contribution is -0.274. The highest BCUT2D eigenvalue weighted by molar-refractivity contribution is 7.07. The van der Waals surface area contributed by atoms with Gasteiger partial charge in [-0.2, -0.15) is 4.99 Å². The van der Waals surface area contributed by atoms with Gasteiger partial charge in [-0.25, -0.2) is 14.5 Å². The molecular formula is C34H35F3N6O2S. The monoisotopic (exact) mass is 648 g/mol. The molecule has 0 saturated carbocycles. The summed E-state index contributed by atoms with van der Waals surface area (Å²) in [5, 5.41) is 9.48. The van der Waals surface area contributed by atoms with Crippen LogP contribution in [0.15, 0.2) is 83.4 Å². The van der Waals surface area contributed by atoms with Crippen LogP contribution in [0.4, 0.5) is 18.0 Å². The van der Waals surface area contributed by atoms with Crippen LogP contribution < -0.4 is 14.9 Å². The van der Waals surface area contributed by atoms with Crippen LogP contribution in [-0.2, 0) is 12.8 Å². The van der Waals surface area contributed by atoms with Gasteiger partial charge >= 0.3 is 12.4 Å². The quantitative estimate of drug-likeness (QED) is 0.167. The van der Waals surface area contributed by atoms with Crippen molar-refractivity contribution in [2.75, 3.05) is 0 Å². The molecule has 1 N–H and O–H groups in total. The maximum absolute atomic E-state index is 12.9. The Kier molecular flexibility index (Phi) is 10.1. The van der Waals surface area contributed by atoms with Crippen molar-refractivity contribution in [2.45, 2.75) is 65.8 Å². The average Bonchev–Trinajstić information content (AvgIpc) is 3.64. The van der Waals surface area contributed by atoms with Gasteiger partial charge in [0.15, 0.2) is 10.6 Å². The number of amides is 2. The van der Waals surface area contributed by atoms with Crippen molar-refractivity contribution < 1.29 is 22.7 Å². The van der Waals surface area contributed by atoms with Gasteiger partial charge in [-0.05, 0) is 87.1 Å². The smallest absolute Gasteiger partial charge is 0.406 e. The maximum Gasteiger partial charge on any atom is 0.573 e. The minimum atomic E-state index is -4.75. The SMILES string of the molecule is CCCc1ccc(C)cc1-n1c(C)csc1=NC(=O)NC(C)CCc1ccc(-c2ncn(-c3ccc(OC(F)(F)F)cc3)n2)cc1. The lowest BCUT2D eigenvalue weighted by atomic mass is 10.0. The molecule has 0 spiro atoms. The third-order valence-corrected chi connectivity index (χ3v) is 8.30. The summed E-state index contributed by atoms with van der Waals surface area (Å²) in [6.07, 6.45) is 0.204. The second-order valence-corrected chi connectivity index (χ2v) is 12.0. The summed E-state index contributed by atoms with van der Waals surface area (Å²) >= 11 is 1.45. The van der Waals surface area contributed by atoms with Gasteiger partial charge in [-0.3, -0.25) is 4.57 Å². The van der Waals surface area contributed by atoms with Crippen LogP contribution in [-0.4, -0.2) is 37.8 Å². The molecule has 1 unspecified atom stereocenters. The number of urea groups is 1. The molecule has 2 aromatic heterocycles. The minimum absolute atomic E-state index is 0.0923. The number of hydrogen-bond acceptors (Lipinski definition) is 5. The second kappa shape index (κ2) is 14.2. The summed E-state index contributed by atoms with van der Waals surface area (Å²) < 4.78 is 44.7. The van der Waals surface area contributed by atoms with Crippen LogP contribution >= 0.6 is 11.3 Å². The first kappa shape index (κ1) is 32.7. The largest absolute Gasteiger partial charge is 0.573 e. The van der Waals surface area contributed by atoms with Gasteiger partial charge < -0.3 is 10.1 Å². The van der Waals surface area contributed by atoms with Crippen LogP contribution in [0.5, 0.6) is 5.75 Å². The molecule has 2 heterocycles. The van der Waals surface area contributed by atoms with E-state index in [9.17, 15) is 18.0 Å². The summed E-state index contributed by atoms with van der Waals surface area (Å²) in [4.78, 5) is 22.3. The first-order valence-corrected chi connectivity index (χ1v) is 15.9. The second-order valence-electron chi connectivity index (χ2n) is 11.1. The van der Waals surface area contributed by atoms with Gasteiger partial charge in [0.2, 0.25) is 0 Å². The molecule has 0 fully saturated rings. The number of rotatable bonds is 10. The van der Waals surface area contributed by atoms with Crippen LogP contribution in [0, 0.1) is 13.8 Å². The van der Waals surface area contributed by atoms with Crippen molar-refractivity contribution in [3.8, 4) is 28.5 Å². The molecule has 0 aliphatic carbocycles. The molecule has 1 atom stereocenters. The summed E-state index contributed by atoms with van der Waals surface area (Å²) in [7, 11) is 0. The zero-order chi connectivity index (χ0) is 32.8. The fourth-order valence-electron chi connectivity index (χ4n) is 5.05. The molecule has 5 aromatic rings. The van der Waals surface area contributed by atoms with E-state index in [1.54, 1.807) is 0 Å². The Morgan fingerprint density at radius 2 is 1.78 bits per heavy atom. The minimum Gasteiger partial charge on any atom is -0.406 e. The number of halogens is 3. The Labute approximate surface area is 269 Å². The van der Waals surface area contributed by atoms with Crippen LogP contribution in [0.3, 0.4) is 0 Å². The third kappa shape index (κ3) is 8.30. The van der Waals surface area contributed by atoms with E-state index < -0.39 is 6.36 Å². The van der Waals surface area contributed by atoms with Crippen molar-refractivity contribution in [1.82, 2.24) is 24.6 Å². The van der Waals surface area contributed by atoms with E-state index in [1.807, 2.05) is 43.5 Å². The molecule has 12 heteroatoms. The number of benzene rings is 3. The van der Waals surface area contributed by atoms with Crippen LogP contribution in [0.2, 0.25) is 0 Å². The average molecular weight is 649 g/mol. The first-order chi connectivity index (χ1) is 22.0. The number of alkyl halides is 3. The van der Waals surface area contributed by atoms with Crippen molar-refractivity contribution in [3.05, 3.63) is 106 Å². The number of nitrogens with one attached hydrogen (secondary N) is 1. The van der Waals surface area contributed by atoms with E-state index in [0.29, 0.717) is 16.3 Å². The number of hydrogen-bond donors (Lipinski definition) is 1. The number of nitrogens with zero attached hydrogens (tertiary/aromatic N) is 5. The Bertz CT molecular complexity index is 1860. The van der Waals surface area contributed by atoms with Crippen molar-refractivity contribution in [2.24, 2.45) is 4.99 Å². The zero-order valence-electron chi connectivity index (χ0n) is 26.0. The number of thiazole rings is 1. The summed E-state index contributed by atoms with van der Waals surface area (Å²) in [6.45, 7) is 8.22. The first-order valence-electron chi connectivity index (χ1n) is 15.0. The fourth-order valence-corrected chi connectivity index (χ4v) is 5.92. The Balaban J connectivity index is 1.18. The molecule has 3 aromatic carbocycles. The van der Waals surface area contributed by atoms with Gasteiger partial charge in [-0.15, -0.1) is 29.6 Å². The Morgan fingerprint density at radius 1 is 1.04 bits per heavy atom. The maximum atomic E-state index is 12.9. The number of ether oxygens (including phenoxy) is 1. The summed E-state index contributed by atoms with van der Waals surface area (Å²) in [6, 6.07) is 19.2. The number of carbonyl (C=O) groups excluding carboxylic acids is 1. The predicted molar refractivity (Wildman–Crippen MR) is 172 cm³/mol. The van der Waals surface area contributed by atoms with Crippen molar-refractivity contribution >= 4 is 17.4 Å². The molecule has 46 heavy (non-hydrogen) atoms. The Morgan fingerprint density at radius 3 is 2.48 bits per heavy atom. The van der Waals surface area contributed by atoms with Gasteiger partial charge in [-0.1, -0.05) is 49.7 Å². The lowest BCUT2D eigenvalue weighted by Gasteiger charge is -2.14. The van der Waals surface area contributed by atoms with Gasteiger partial charge in [0.1, 0.15) is 12.1 Å². The molecule has 8 nitrogen and oxygen atoms in total. The topological polar surface area (TPSA) is 86.3 Å². The van der Waals surface area contributed by atoms with Gasteiger partial charge in [0.25, 0.3) is 0 Å². The standard InChI is InChI=1S/C34H35F3N6O2S/c1-5-6-26-12-7-22(2)19-30(26)43-24(4)20-46-33(43)40-32(44)39-23(3)8-9-25-10-13-27(14-11-25)31-38-21-42(41-31)28-15-17-29(18-16-28)45-34(35,36)37/h7,10-21,23H,5-6,8-9H2,1-4H3,(H,39,44). The molecule has 240 valence electrons. The molecule has 0 bridgehead atoms. The fraction of sp³-hybridized carbons (Fsp3) is 0.294. The number of aromatic nitrogens is 4. The molecular weight excluding hydrogens is 613 g/mol. The molecule has 0 radical (unpaired) electrons. The van der Waals surface area contributed by atoms with E-state index >= 15 is 0 Å². The molecule has 2 amide bonds. The third-order valence-electron chi connectivity index (χ3n) is 7.35. The zero-order valence-corrected chi connectivity index (χ0v) is 26.8. The lowest BCUT2D eigenvalue weighted by Crippen LogP contribution is -2.32. The molecule has 0 saturated heterocycles. The predicted octanol–water partition coefficient (Wildman–Crippen LogP) is 7.89. The van der Waals surface area contributed by atoms with Crippen molar-refractivity contribution in [1.29, 1.82) is 0 Å². The van der Waals surface area contributed by atoms with Crippen molar-refractivity contribution in [3.63, 3.8) is 0 Å². The van der Waals surface area contributed by atoms with E-state index in [0.717, 1.165) is 53.8 Å². The van der Waals surface area contributed by atoms with Crippen LogP contribution in [0.1, 0.15) is 49.1 Å².